The Kier molecular flexibility index (Phi) is 6.56. The summed E-state index contributed by atoms with van der Waals surface area (Å²) in [6, 6.07) is 2.46. The molecule has 0 radical (unpaired) electrons. The Bertz CT molecular complexity index is 569. The molecule has 23 heavy (non-hydrogen) atoms. The van der Waals surface area contributed by atoms with Crippen LogP contribution in [0.4, 0.5) is 0 Å². The molecule has 1 aliphatic rings. The fourth-order valence-corrected chi connectivity index (χ4v) is 20.6. The Labute approximate surface area is 151 Å². The minimum absolute atomic E-state index is 1.23. The van der Waals surface area contributed by atoms with E-state index in [-0.39, 0.29) is 0 Å². The van der Waals surface area contributed by atoms with Crippen molar-refractivity contribution in [2.75, 3.05) is 0 Å². The van der Waals surface area contributed by atoms with Gasteiger partial charge in [0.1, 0.15) is 0 Å². The Morgan fingerprint density at radius 1 is 0.957 bits per heavy atom. The molecule has 0 saturated heterocycles. The van der Waals surface area contributed by atoms with Gasteiger partial charge in [0.25, 0.3) is 0 Å². The number of allylic oxidation sites excluding steroid dienone is 6. The quantitative estimate of drug-likeness (QED) is 0.236. The third kappa shape index (κ3) is 5.28. The first kappa shape index (κ1) is 21.1. The normalized spacial score (nSPS) is 17.3. The predicted octanol–water partition coefficient (Wildman–Crippen LogP) is 7.52. The Morgan fingerprint density at radius 2 is 1.39 bits per heavy atom. The van der Waals surface area contributed by atoms with Gasteiger partial charge in [-0.3, -0.25) is 0 Å². The summed E-state index contributed by atoms with van der Waals surface area (Å²) in [6.45, 7) is 23.1. The van der Waals surface area contributed by atoms with Crippen molar-refractivity contribution in [1.82, 2.24) is 0 Å². The summed E-state index contributed by atoms with van der Waals surface area (Å²) >= 11 is -1.74. The molecule has 3 heteroatoms. The summed E-state index contributed by atoms with van der Waals surface area (Å²) in [6.07, 6.45) is 3.87. The van der Waals surface area contributed by atoms with Crippen LogP contribution in [0.5, 0.6) is 0 Å². The van der Waals surface area contributed by atoms with E-state index in [1.54, 1.807) is 5.20 Å². The van der Waals surface area contributed by atoms with Crippen molar-refractivity contribution in [2.45, 2.75) is 74.5 Å². The first-order valence-corrected chi connectivity index (χ1v) is 22.6. The summed E-state index contributed by atoms with van der Waals surface area (Å²) in [4.78, 5) is 0. The van der Waals surface area contributed by atoms with Gasteiger partial charge in [0.05, 0.1) is 0 Å². The van der Waals surface area contributed by atoms with Gasteiger partial charge >= 0.3 is 151 Å². The predicted molar refractivity (Wildman–Crippen MR) is 112 cm³/mol. The molecule has 0 bridgehead atoms. The van der Waals surface area contributed by atoms with Crippen LogP contribution in [0.1, 0.15) is 20.3 Å². The Morgan fingerprint density at radius 3 is 1.78 bits per heavy atom. The maximum absolute atomic E-state index is 4.24. The molecule has 0 N–H and O–H groups in total. The SMILES string of the molecule is C=C(C)C[Si](C)(C)C1=CC[C]([Pt]([CH3])([CH3])[CH3])=C1[Si](C)(C)CC(=C)C. The van der Waals surface area contributed by atoms with Gasteiger partial charge in [-0.15, -0.1) is 0 Å². The molecule has 0 aliphatic heterocycles. The molecule has 0 heterocycles. The molecule has 0 spiro atoms. The van der Waals surface area contributed by atoms with Crippen molar-refractivity contribution in [3.05, 3.63) is 44.7 Å². The molecule has 0 atom stereocenters. The van der Waals surface area contributed by atoms with Crippen LogP contribution < -0.4 is 0 Å². The van der Waals surface area contributed by atoms with E-state index in [0.717, 1.165) is 0 Å². The zero-order chi connectivity index (χ0) is 18.2. The molecule has 0 aromatic rings. The van der Waals surface area contributed by atoms with Crippen LogP contribution >= 0.6 is 0 Å². The summed E-state index contributed by atoms with van der Waals surface area (Å²) in [7, 11) is -2.91. The fourth-order valence-electron chi connectivity index (χ4n) is 3.98. The average molecular weight is 530 g/mol. The topological polar surface area (TPSA) is 0 Å². The second kappa shape index (κ2) is 7.14. The van der Waals surface area contributed by atoms with Crippen LogP contribution in [0.3, 0.4) is 0 Å². The van der Waals surface area contributed by atoms with Gasteiger partial charge in [-0.1, -0.05) is 0 Å². The Balaban J connectivity index is 3.46. The van der Waals surface area contributed by atoms with Crippen molar-refractivity contribution < 1.29 is 16.1 Å². The first-order chi connectivity index (χ1) is 10.2. The molecule has 0 nitrogen and oxygen atoms in total. The van der Waals surface area contributed by atoms with Crippen LogP contribution in [0.2, 0.25) is 54.2 Å². The molecule has 0 aromatic heterocycles. The van der Waals surface area contributed by atoms with E-state index < -0.39 is 32.2 Å². The van der Waals surface area contributed by atoms with Crippen LogP contribution in [-0.2, 0) is 16.1 Å². The van der Waals surface area contributed by atoms with Gasteiger partial charge in [-0.25, -0.2) is 0 Å². The van der Waals surface area contributed by atoms with E-state index in [1.807, 2.05) is 9.16 Å². The van der Waals surface area contributed by atoms with E-state index in [4.69, 9.17) is 0 Å². The van der Waals surface area contributed by atoms with Gasteiger partial charge in [-0.05, 0) is 0 Å². The summed E-state index contributed by atoms with van der Waals surface area (Å²) in [5.41, 5.74) is 2.71. The van der Waals surface area contributed by atoms with Crippen LogP contribution in [0, 0.1) is 0 Å². The molecule has 0 fully saturated rings. The van der Waals surface area contributed by atoms with Crippen molar-refractivity contribution >= 4 is 16.1 Å². The number of rotatable bonds is 7. The standard InChI is InChI=1S/C17H29Si2.3CH3.Pt/c1-14(2)12-18(5,6)16-10-9-11-17(16)19(7,8)13-15(3)4;;;;/h10H,1,3,9,12-13H2,2,4-8H3;3*1H3;. The maximum atomic E-state index is 4.24. The van der Waals surface area contributed by atoms with Crippen molar-refractivity contribution in [3.63, 3.8) is 0 Å². The molecular weight excluding hydrogens is 491 g/mol. The molecule has 136 valence electrons. The van der Waals surface area contributed by atoms with E-state index in [1.165, 1.54) is 29.7 Å². The van der Waals surface area contributed by atoms with Gasteiger partial charge in [0, 0.05) is 0 Å². The minimum atomic E-state index is -1.74. The molecule has 0 unspecified atom stereocenters. The zero-order valence-electron chi connectivity index (χ0n) is 16.9. The second-order valence-corrected chi connectivity index (χ2v) is 29.9. The van der Waals surface area contributed by atoms with Crippen LogP contribution in [-0.4, -0.2) is 16.1 Å². The van der Waals surface area contributed by atoms with Crippen molar-refractivity contribution in [3.8, 4) is 0 Å². The molecule has 1 rings (SSSR count). The zero-order valence-corrected chi connectivity index (χ0v) is 21.2. The van der Waals surface area contributed by atoms with Gasteiger partial charge in [0.2, 0.25) is 0 Å². The van der Waals surface area contributed by atoms with Crippen LogP contribution in [0.25, 0.3) is 0 Å². The average Bonchev–Trinajstić information content (AvgIpc) is 2.69. The first-order valence-electron chi connectivity index (χ1n) is 8.28. The van der Waals surface area contributed by atoms with Gasteiger partial charge in [-0.2, -0.15) is 0 Å². The van der Waals surface area contributed by atoms with Gasteiger partial charge in [0.15, 0.2) is 0 Å². The van der Waals surface area contributed by atoms with Crippen LogP contribution in [0.15, 0.2) is 44.7 Å². The molecule has 0 amide bonds. The van der Waals surface area contributed by atoms with E-state index >= 15 is 0 Å². The van der Waals surface area contributed by atoms with Crippen molar-refractivity contribution in [1.29, 1.82) is 0 Å². The number of hydrogen-bond acceptors (Lipinski definition) is 0. The fraction of sp³-hybridized carbons (Fsp3) is 0.600. The molecule has 0 aromatic carbocycles. The third-order valence-corrected chi connectivity index (χ3v) is 17.2. The number of hydrogen-bond donors (Lipinski definition) is 0. The van der Waals surface area contributed by atoms with E-state index in [2.05, 4.69) is 75.2 Å². The van der Waals surface area contributed by atoms with E-state index in [9.17, 15) is 0 Å². The van der Waals surface area contributed by atoms with E-state index in [0.29, 0.717) is 0 Å². The monoisotopic (exact) mass is 529 g/mol. The van der Waals surface area contributed by atoms with Gasteiger partial charge < -0.3 is 0 Å². The van der Waals surface area contributed by atoms with Crippen molar-refractivity contribution in [2.24, 2.45) is 0 Å². The molecule has 0 saturated carbocycles. The summed E-state index contributed by atoms with van der Waals surface area (Å²) < 4.78 is 1.88. The summed E-state index contributed by atoms with van der Waals surface area (Å²) in [5, 5.41) is 11.3. The summed E-state index contributed by atoms with van der Waals surface area (Å²) in [5.74, 6) is 0. The molecule has 1 aliphatic carbocycles. The molecular formula is C20H38PtSi2. The second-order valence-electron chi connectivity index (χ2n) is 9.02. The third-order valence-electron chi connectivity index (χ3n) is 4.46. The Hall–Kier alpha value is 0.0821.